The third-order valence-corrected chi connectivity index (χ3v) is 3.18. The maximum atomic E-state index is 13.9. The largest absolute Gasteiger partial charge is 0.271 e. The molecule has 0 unspecified atom stereocenters. The molecule has 0 N–H and O–H groups in total. The summed E-state index contributed by atoms with van der Waals surface area (Å²) in [4.78, 5) is 8.34. The van der Waals surface area contributed by atoms with E-state index in [4.69, 9.17) is 11.6 Å². The smallest absolute Gasteiger partial charge is 0.237 e. The van der Waals surface area contributed by atoms with Gasteiger partial charge in [0.15, 0.2) is 5.65 Å². The lowest BCUT2D eigenvalue weighted by molar-refractivity contribution is 0.0206. The quantitative estimate of drug-likeness (QED) is 0.610. The first-order valence-electron chi connectivity index (χ1n) is 5.69. The Bertz CT molecular complexity index is 781. The minimum Gasteiger partial charge on any atom is -0.237 e. The molecule has 3 rings (SSSR count). The normalized spacial score (nSPS) is 12.2. The fraction of sp³-hybridized carbons (Fsp3) is 0.143. The molecular weight excluding hydrogens is 270 g/mol. The summed E-state index contributed by atoms with van der Waals surface area (Å²) in [5.74, 6) is -2.99. The highest BCUT2D eigenvalue weighted by atomic mass is 35.5. The Morgan fingerprint density at radius 1 is 1.16 bits per heavy atom. The molecule has 0 aliphatic carbocycles. The van der Waals surface area contributed by atoms with E-state index in [1.165, 1.54) is 12.3 Å². The van der Waals surface area contributed by atoms with E-state index in [-0.39, 0.29) is 5.56 Å². The number of benzene rings is 1. The van der Waals surface area contributed by atoms with Crippen LogP contribution in [0.4, 0.5) is 8.78 Å². The summed E-state index contributed by atoms with van der Waals surface area (Å²) >= 11 is 5.90. The summed E-state index contributed by atoms with van der Waals surface area (Å²) in [6, 6.07) is 7.99. The Morgan fingerprint density at radius 2 is 1.95 bits per heavy atom. The average molecular weight is 279 g/mol. The van der Waals surface area contributed by atoms with E-state index in [9.17, 15) is 8.78 Å². The fourth-order valence-corrected chi connectivity index (χ4v) is 2.39. The van der Waals surface area contributed by atoms with Crippen molar-refractivity contribution in [3.63, 3.8) is 0 Å². The molecule has 0 atom stereocenters. The van der Waals surface area contributed by atoms with Crippen molar-refractivity contribution < 1.29 is 8.78 Å². The molecule has 0 radical (unpaired) electrons. The lowest BCUT2D eigenvalue weighted by Crippen LogP contribution is -2.10. The van der Waals surface area contributed by atoms with Gasteiger partial charge in [-0.2, -0.15) is 0 Å². The van der Waals surface area contributed by atoms with Gasteiger partial charge in [0, 0.05) is 34.5 Å². The van der Waals surface area contributed by atoms with Crippen molar-refractivity contribution in [2.24, 2.45) is 0 Å². The van der Waals surface area contributed by atoms with E-state index in [2.05, 4.69) is 9.97 Å². The molecule has 5 heteroatoms. The maximum absolute atomic E-state index is 13.9. The average Bonchev–Trinajstić information content (AvgIpc) is 2.34. The first-order valence-corrected chi connectivity index (χ1v) is 6.07. The Kier molecular flexibility index (Phi) is 2.64. The minimum atomic E-state index is -2.99. The number of hydrogen-bond acceptors (Lipinski definition) is 2. The van der Waals surface area contributed by atoms with E-state index in [1.54, 1.807) is 24.3 Å². The molecule has 0 bridgehead atoms. The number of alkyl halides is 2. The van der Waals surface area contributed by atoms with E-state index in [0.717, 1.165) is 6.92 Å². The molecule has 2 nitrogen and oxygen atoms in total. The second-order valence-corrected chi connectivity index (χ2v) is 4.85. The molecule has 2 heterocycles. The zero-order valence-electron chi connectivity index (χ0n) is 9.99. The van der Waals surface area contributed by atoms with Crippen LogP contribution in [-0.2, 0) is 5.92 Å². The van der Waals surface area contributed by atoms with Crippen LogP contribution >= 0.6 is 11.6 Å². The van der Waals surface area contributed by atoms with Gasteiger partial charge in [0.2, 0.25) is 0 Å². The van der Waals surface area contributed by atoms with Crippen molar-refractivity contribution in [2.75, 3.05) is 0 Å². The van der Waals surface area contributed by atoms with Crippen LogP contribution in [0.15, 0.2) is 36.5 Å². The Balaban J connectivity index is 2.58. The van der Waals surface area contributed by atoms with Crippen LogP contribution < -0.4 is 0 Å². The predicted octanol–water partition coefficient (Wildman–Crippen LogP) is 4.55. The topological polar surface area (TPSA) is 25.8 Å². The maximum Gasteiger partial charge on any atom is 0.271 e. The van der Waals surface area contributed by atoms with Crippen molar-refractivity contribution in [1.29, 1.82) is 0 Å². The number of halogens is 3. The van der Waals surface area contributed by atoms with Crippen molar-refractivity contribution >= 4 is 33.5 Å². The molecule has 0 aliphatic heterocycles. The summed E-state index contributed by atoms with van der Waals surface area (Å²) in [5, 5.41) is 1.12. The molecule has 0 amide bonds. The van der Waals surface area contributed by atoms with Crippen molar-refractivity contribution in [3.8, 4) is 0 Å². The monoisotopic (exact) mass is 278 g/mol. The van der Waals surface area contributed by atoms with Crippen LogP contribution in [0, 0.1) is 0 Å². The number of hydrogen-bond donors (Lipinski definition) is 0. The summed E-state index contributed by atoms with van der Waals surface area (Å²) < 4.78 is 27.9. The first kappa shape index (κ1) is 12.2. The van der Waals surface area contributed by atoms with Gasteiger partial charge in [-0.25, -0.2) is 18.7 Å². The third kappa shape index (κ3) is 2.02. The Hall–Kier alpha value is -1.81. The molecule has 0 fully saturated rings. The van der Waals surface area contributed by atoms with Gasteiger partial charge in [-0.1, -0.05) is 11.6 Å². The predicted molar refractivity (Wildman–Crippen MR) is 71.6 cm³/mol. The van der Waals surface area contributed by atoms with Gasteiger partial charge in [-0.05, 0) is 30.3 Å². The second kappa shape index (κ2) is 4.10. The van der Waals surface area contributed by atoms with Crippen LogP contribution in [-0.4, -0.2) is 9.97 Å². The lowest BCUT2D eigenvalue weighted by atomic mass is 10.00. The molecule has 0 spiro atoms. The number of nitrogens with zero attached hydrogens (tertiary/aromatic N) is 2. The standard InChI is InChI=1S/C14H9ClF2N2/c1-14(16,17)12-9-3-2-6-18-13(9)19-11-5-4-8(15)7-10(11)12/h2-7H,1H3. The molecule has 0 aliphatic rings. The van der Waals surface area contributed by atoms with E-state index in [1.807, 2.05) is 0 Å². The molecule has 0 saturated heterocycles. The third-order valence-electron chi connectivity index (χ3n) is 2.95. The molecular formula is C14H9ClF2N2. The van der Waals surface area contributed by atoms with Gasteiger partial charge < -0.3 is 0 Å². The van der Waals surface area contributed by atoms with Gasteiger partial charge in [0.25, 0.3) is 5.92 Å². The van der Waals surface area contributed by atoms with E-state index >= 15 is 0 Å². The molecule has 96 valence electrons. The summed E-state index contributed by atoms with van der Waals surface area (Å²) in [6.45, 7) is 0.870. The number of rotatable bonds is 1. The number of aromatic nitrogens is 2. The molecule has 19 heavy (non-hydrogen) atoms. The summed E-state index contributed by atoms with van der Waals surface area (Å²) in [5.41, 5.74) is 0.698. The van der Waals surface area contributed by atoms with Gasteiger partial charge in [-0.3, -0.25) is 0 Å². The second-order valence-electron chi connectivity index (χ2n) is 4.41. The lowest BCUT2D eigenvalue weighted by Gasteiger charge is -2.16. The summed E-state index contributed by atoms with van der Waals surface area (Å²) in [7, 11) is 0. The fourth-order valence-electron chi connectivity index (χ4n) is 2.22. The van der Waals surface area contributed by atoms with Crippen molar-refractivity contribution in [2.45, 2.75) is 12.8 Å². The van der Waals surface area contributed by atoms with Crippen LogP contribution in [0.1, 0.15) is 12.5 Å². The Labute approximate surface area is 113 Å². The highest BCUT2D eigenvalue weighted by Gasteiger charge is 2.30. The van der Waals surface area contributed by atoms with Crippen LogP contribution in [0.5, 0.6) is 0 Å². The first-order chi connectivity index (χ1) is 8.97. The van der Waals surface area contributed by atoms with Gasteiger partial charge in [0.1, 0.15) is 0 Å². The minimum absolute atomic E-state index is 0.0805. The number of pyridine rings is 2. The van der Waals surface area contributed by atoms with Crippen molar-refractivity contribution in [3.05, 3.63) is 47.1 Å². The zero-order chi connectivity index (χ0) is 13.6. The Morgan fingerprint density at radius 3 is 2.68 bits per heavy atom. The van der Waals surface area contributed by atoms with Gasteiger partial charge in [0.05, 0.1) is 5.52 Å². The van der Waals surface area contributed by atoms with Crippen molar-refractivity contribution in [1.82, 2.24) is 9.97 Å². The van der Waals surface area contributed by atoms with E-state index < -0.39 is 5.92 Å². The van der Waals surface area contributed by atoms with Crippen LogP contribution in [0.2, 0.25) is 5.02 Å². The molecule has 0 saturated carbocycles. The van der Waals surface area contributed by atoms with E-state index in [0.29, 0.717) is 27.0 Å². The highest BCUT2D eigenvalue weighted by molar-refractivity contribution is 6.31. The number of fused-ring (bicyclic) bond motifs is 2. The van der Waals surface area contributed by atoms with Gasteiger partial charge in [-0.15, -0.1) is 0 Å². The van der Waals surface area contributed by atoms with Crippen LogP contribution in [0.25, 0.3) is 21.9 Å². The highest BCUT2D eigenvalue weighted by Crippen LogP contribution is 2.38. The molecule has 2 aromatic heterocycles. The van der Waals surface area contributed by atoms with Crippen LogP contribution in [0.3, 0.4) is 0 Å². The molecule has 3 aromatic rings. The summed E-state index contributed by atoms with van der Waals surface area (Å²) in [6.07, 6.45) is 1.54. The zero-order valence-corrected chi connectivity index (χ0v) is 10.7. The molecule has 1 aromatic carbocycles. The SMILES string of the molecule is CC(F)(F)c1c2cc(Cl)ccc2nc2ncccc12. The van der Waals surface area contributed by atoms with Gasteiger partial charge >= 0.3 is 0 Å².